The summed E-state index contributed by atoms with van der Waals surface area (Å²) in [7, 11) is 0. The Labute approximate surface area is 98.7 Å². The lowest BCUT2D eigenvalue weighted by Crippen LogP contribution is -2.17. The molecule has 0 aliphatic heterocycles. The minimum atomic E-state index is -0.793. The minimum Gasteiger partial charge on any atom is -0.481 e. The summed E-state index contributed by atoms with van der Waals surface area (Å²) in [5, 5.41) is 12.2. The van der Waals surface area contributed by atoms with Gasteiger partial charge in [-0.25, -0.2) is 9.97 Å². The van der Waals surface area contributed by atoms with Crippen molar-refractivity contribution in [2.24, 2.45) is 0 Å². The first-order valence-corrected chi connectivity index (χ1v) is 6.07. The van der Waals surface area contributed by atoms with Gasteiger partial charge in [-0.15, -0.1) is 0 Å². The number of carbonyl (C=O) groups is 1. The molecule has 0 unspecified atom stereocenters. The summed E-state index contributed by atoms with van der Waals surface area (Å²) >= 11 is 1.60. The largest absolute Gasteiger partial charge is 0.481 e. The van der Waals surface area contributed by atoms with Gasteiger partial charge in [0.1, 0.15) is 0 Å². The van der Waals surface area contributed by atoms with E-state index in [9.17, 15) is 4.79 Å². The van der Waals surface area contributed by atoms with E-state index in [1.165, 1.54) is 0 Å². The molecule has 2 N–H and O–H groups in total. The van der Waals surface area contributed by atoms with Crippen molar-refractivity contribution >= 4 is 17.7 Å². The zero-order valence-electron chi connectivity index (χ0n) is 9.14. The van der Waals surface area contributed by atoms with Crippen LogP contribution in [0.1, 0.15) is 18.9 Å². The van der Waals surface area contributed by atoms with Gasteiger partial charge in [0.15, 0.2) is 5.16 Å². The maximum atomic E-state index is 10.3. The maximum absolute atomic E-state index is 10.3. The van der Waals surface area contributed by atoms with Crippen LogP contribution in [0, 0.1) is 0 Å². The molecule has 0 spiro atoms. The average Bonchev–Trinajstić information content (AvgIpc) is 2.27. The third-order valence-electron chi connectivity index (χ3n) is 1.80. The van der Waals surface area contributed by atoms with E-state index in [4.69, 9.17) is 5.11 Å². The Balaban J connectivity index is 2.29. The second-order valence-corrected chi connectivity index (χ2v) is 4.36. The monoisotopic (exact) mass is 241 g/mol. The normalized spacial score (nSPS) is 10.3. The molecule has 1 rings (SSSR count). The third-order valence-corrected chi connectivity index (χ3v) is 2.56. The fraction of sp³-hybridized carbons (Fsp3) is 0.500. The van der Waals surface area contributed by atoms with E-state index < -0.39 is 5.97 Å². The van der Waals surface area contributed by atoms with Gasteiger partial charge < -0.3 is 10.4 Å². The molecule has 6 heteroatoms. The van der Waals surface area contributed by atoms with E-state index in [1.807, 2.05) is 0 Å². The van der Waals surface area contributed by atoms with E-state index in [-0.39, 0.29) is 6.42 Å². The number of carboxylic acids is 1. The Hall–Kier alpha value is -1.14. The molecule has 0 atom stereocenters. The van der Waals surface area contributed by atoms with Crippen LogP contribution in [0.3, 0.4) is 0 Å². The van der Waals surface area contributed by atoms with E-state index in [0.717, 1.165) is 16.5 Å². The number of aromatic nitrogens is 2. The summed E-state index contributed by atoms with van der Waals surface area (Å²) < 4.78 is 0. The zero-order valence-corrected chi connectivity index (χ0v) is 9.96. The average molecular weight is 241 g/mol. The fourth-order valence-corrected chi connectivity index (χ4v) is 1.58. The molecule has 0 radical (unpaired) electrons. The Morgan fingerprint density at radius 3 is 2.75 bits per heavy atom. The SMILES string of the molecule is CCSc1ncc(CNCCC(=O)O)cn1. The first-order chi connectivity index (χ1) is 7.72. The molecule has 16 heavy (non-hydrogen) atoms. The second-order valence-electron chi connectivity index (χ2n) is 3.13. The lowest BCUT2D eigenvalue weighted by atomic mass is 10.3. The number of carboxylic acid groups (broad SMARTS) is 1. The molecule has 5 nitrogen and oxygen atoms in total. The molecule has 0 bridgehead atoms. The summed E-state index contributed by atoms with van der Waals surface area (Å²) in [5.74, 6) is 0.161. The molecule has 0 aliphatic rings. The molecule has 1 heterocycles. The number of thioether (sulfide) groups is 1. The van der Waals surface area contributed by atoms with Gasteiger partial charge >= 0.3 is 5.97 Å². The second kappa shape index (κ2) is 7.19. The van der Waals surface area contributed by atoms with Crippen LogP contribution in [0.25, 0.3) is 0 Å². The molecule has 0 aromatic carbocycles. The highest BCUT2D eigenvalue weighted by Gasteiger charge is 1.99. The molecule has 0 fully saturated rings. The number of hydrogen-bond donors (Lipinski definition) is 2. The summed E-state index contributed by atoms with van der Waals surface area (Å²) in [6.45, 7) is 3.11. The molecule has 0 saturated heterocycles. The first-order valence-electron chi connectivity index (χ1n) is 5.08. The Bertz CT molecular complexity index is 329. The van der Waals surface area contributed by atoms with Crippen LogP contribution in [0.2, 0.25) is 0 Å². The van der Waals surface area contributed by atoms with Gasteiger partial charge in [0.05, 0.1) is 6.42 Å². The standard InChI is InChI=1S/C10H15N3O2S/c1-2-16-10-12-6-8(7-13-10)5-11-4-3-9(14)15/h6-7,11H,2-5H2,1H3,(H,14,15). The molecule has 1 aromatic rings. The number of nitrogens with zero attached hydrogens (tertiary/aromatic N) is 2. The van der Waals surface area contributed by atoms with Crippen LogP contribution in [-0.4, -0.2) is 33.3 Å². The lowest BCUT2D eigenvalue weighted by Gasteiger charge is -2.03. The Morgan fingerprint density at radius 2 is 2.19 bits per heavy atom. The van der Waals surface area contributed by atoms with Crippen LogP contribution < -0.4 is 5.32 Å². The van der Waals surface area contributed by atoms with Crippen molar-refractivity contribution in [2.75, 3.05) is 12.3 Å². The van der Waals surface area contributed by atoms with E-state index in [1.54, 1.807) is 24.2 Å². The number of aliphatic carboxylic acids is 1. The summed E-state index contributed by atoms with van der Waals surface area (Å²) in [6.07, 6.45) is 3.65. The highest BCUT2D eigenvalue weighted by molar-refractivity contribution is 7.99. The zero-order chi connectivity index (χ0) is 11.8. The van der Waals surface area contributed by atoms with Crippen molar-refractivity contribution in [3.63, 3.8) is 0 Å². The molecule has 0 aliphatic carbocycles. The predicted octanol–water partition coefficient (Wildman–Crippen LogP) is 1.15. The van der Waals surface area contributed by atoms with Gasteiger partial charge in [0.2, 0.25) is 0 Å². The molecule has 0 saturated carbocycles. The van der Waals surface area contributed by atoms with Crippen molar-refractivity contribution in [3.8, 4) is 0 Å². The van der Waals surface area contributed by atoms with Crippen LogP contribution in [0.15, 0.2) is 17.6 Å². The smallest absolute Gasteiger partial charge is 0.304 e. The lowest BCUT2D eigenvalue weighted by molar-refractivity contribution is -0.136. The van der Waals surface area contributed by atoms with Gasteiger partial charge in [-0.1, -0.05) is 18.7 Å². The van der Waals surface area contributed by atoms with Crippen molar-refractivity contribution in [2.45, 2.75) is 25.0 Å². The number of hydrogen-bond acceptors (Lipinski definition) is 5. The highest BCUT2D eigenvalue weighted by atomic mass is 32.2. The van der Waals surface area contributed by atoms with Gasteiger partial charge in [-0.05, 0) is 5.75 Å². The topological polar surface area (TPSA) is 75.1 Å². The van der Waals surface area contributed by atoms with Crippen molar-refractivity contribution in [3.05, 3.63) is 18.0 Å². The molecule has 1 aromatic heterocycles. The van der Waals surface area contributed by atoms with Gasteiger partial charge in [0.25, 0.3) is 0 Å². The highest BCUT2D eigenvalue weighted by Crippen LogP contribution is 2.10. The van der Waals surface area contributed by atoms with Gasteiger partial charge in [0, 0.05) is 31.0 Å². The predicted molar refractivity (Wildman–Crippen MR) is 62.4 cm³/mol. The Morgan fingerprint density at radius 1 is 1.50 bits per heavy atom. The van der Waals surface area contributed by atoms with E-state index in [2.05, 4.69) is 22.2 Å². The summed E-state index contributed by atoms with van der Waals surface area (Å²) in [5.41, 5.74) is 0.964. The quantitative estimate of drug-likeness (QED) is 0.424. The van der Waals surface area contributed by atoms with Crippen LogP contribution in [0.5, 0.6) is 0 Å². The molecule has 0 amide bonds. The molecular weight excluding hydrogens is 226 g/mol. The van der Waals surface area contributed by atoms with Gasteiger partial charge in [-0.3, -0.25) is 4.79 Å². The van der Waals surface area contributed by atoms with Crippen LogP contribution in [-0.2, 0) is 11.3 Å². The van der Waals surface area contributed by atoms with Gasteiger partial charge in [-0.2, -0.15) is 0 Å². The maximum Gasteiger partial charge on any atom is 0.304 e. The Kier molecular flexibility index (Phi) is 5.81. The third kappa shape index (κ3) is 5.09. The minimum absolute atomic E-state index is 0.130. The fourth-order valence-electron chi connectivity index (χ4n) is 1.07. The van der Waals surface area contributed by atoms with Crippen molar-refractivity contribution < 1.29 is 9.90 Å². The van der Waals surface area contributed by atoms with E-state index >= 15 is 0 Å². The summed E-state index contributed by atoms with van der Waals surface area (Å²) in [4.78, 5) is 18.6. The van der Waals surface area contributed by atoms with Crippen molar-refractivity contribution in [1.29, 1.82) is 0 Å². The van der Waals surface area contributed by atoms with Crippen LogP contribution in [0.4, 0.5) is 0 Å². The van der Waals surface area contributed by atoms with E-state index in [0.29, 0.717) is 13.1 Å². The molecule has 88 valence electrons. The molecular formula is C10H15N3O2S. The summed E-state index contributed by atoms with van der Waals surface area (Å²) in [6, 6.07) is 0. The number of nitrogens with one attached hydrogen (secondary N) is 1. The first kappa shape index (κ1) is 12.9. The van der Waals surface area contributed by atoms with Crippen LogP contribution >= 0.6 is 11.8 Å². The van der Waals surface area contributed by atoms with Crippen molar-refractivity contribution in [1.82, 2.24) is 15.3 Å². The number of rotatable bonds is 7.